The number of hydrogen-bond acceptors (Lipinski definition) is 7. The summed E-state index contributed by atoms with van der Waals surface area (Å²) < 4.78 is 15.5. The third-order valence-corrected chi connectivity index (χ3v) is 4.70. The summed E-state index contributed by atoms with van der Waals surface area (Å²) in [6, 6.07) is 20.2. The molecule has 0 spiro atoms. The third kappa shape index (κ3) is 7.43. The normalized spacial score (nSPS) is 10.7. The van der Waals surface area contributed by atoms with Gasteiger partial charge in [-0.25, -0.2) is 4.79 Å². The molecule has 3 aromatic rings. The van der Waals surface area contributed by atoms with E-state index >= 15 is 0 Å². The highest BCUT2D eigenvalue weighted by Gasteiger charge is 2.07. The average Bonchev–Trinajstić information content (AvgIpc) is 2.80. The first-order chi connectivity index (χ1) is 15.9. The molecule has 0 aliphatic carbocycles. The van der Waals surface area contributed by atoms with Gasteiger partial charge in [-0.15, -0.1) is 0 Å². The number of ether oxygens (including phenoxy) is 3. The largest absolute Gasteiger partial charge is 0.497 e. The Balaban J connectivity index is 1.40. The van der Waals surface area contributed by atoms with Crippen LogP contribution in [0.2, 0.25) is 0 Å². The summed E-state index contributed by atoms with van der Waals surface area (Å²) in [5.74, 6) is 0.158. The molecule has 0 atom stereocenters. The van der Waals surface area contributed by atoms with E-state index in [9.17, 15) is 9.59 Å². The van der Waals surface area contributed by atoms with Crippen LogP contribution >= 0.6 is 0 Å². The van der Waals surface area contributed by atoms with Crippen molar-refractivity contribution in [1.82, 2.24) is 0 Å². The minimum Gasteiger partial charge on any atom is -0.497 e. The van der Waals surface area contributed by atoms with Crippen molar-refractivity contribution in [3.8, 4) is 22.6 Å². The maximum Gasteiger partial charge on any atom is 0.330 e. The zero-order valence-corrected chi connectivity index (χ0v) is 18.3. The van der Waals surface area contributed by atoms with Gasteiger partial charge in [0.2, 0.25) is 0 Å². The number of nitrogens with two attached hydrogens (primary N) is 2. The Hall–Kier alpha value is -4.26. The molecule has 3 rings (SSSR count). The molecule has 3 aromatic carbocycles. The second-order valence-electron chi connectivity index (χ2n) is 7.26. The fourth-order valence-electron chi connectivity index (χ4n) is 3.06. The van der Waals surface area contributed by atoms with E-state index in [4.69, 9.17) is 25.7 Å². The number of hydrogen-bond donors (Lipinski definition) is 2. The van der Waals surface area contributed by atoms with E-state index in [1.807, 2.05) is 48.5 Å². The monoisotopic (exact) mass is 446 g/mol. The van der Waals surface area contributed by atoms with Crippen LogP contribution in [0.15, 0.2) is 72.8 Å². The van der Waals surface area contributed by atoms with Crippen LogP contribution < -0.4 is 20.9 Å². The number of anilines is 2. The molecule has 0 radical (unpaired) electrons. The van der Waals surface area contributed by atoms with Crippen LogP contribution in [-0.4, -0.2) is 25.7 Å². The Morgan fingerprint density at radius 1 is 0.848 bits per heavy atom. The maximum absolute atomic E-state index is 11.9. The fourth-order valence-corrected chi connectivity index (χ4v) is 3.06. The molecule has 0 aliphatic rings. The summed E-state index contributed by atoms with van der Waals surface area (Å²) >= 11 is 0. The average molecular weight is 447 g/mol. The lowest BCUT2D eigenvalue weighted by Crippen LogP contribution is -2.10. The lowest BCUT2D eigenvalue weighted by Gasteiger charge is -2.06. The smallest absolute Gasteiger partial charge is 0.330 e. The number of methoxy groups -OCH3 is 1. The molecule has 0 saturated carbocycles. The van der Waals surface area contributed by atoms with Gasteiger partial charge in [0.1, 0.15) is 11.5 Å². The lowest BCUT2D eigenvalue weighted by molar-refractivity contribution is -0.140. The van der Waals surface area contributed by atoms with Gasteiger partial charge >= 0.3 is 11.9 Å². The van der Waals surface area contributed by atoms with E-state index in [-0.39, 0.29) is 18.8 Å². The Bertz CT molecular complexity index is 1100. The van der Waals surface area contributed by atoms with Crippen molar-refractivity contribution in [1.29, 1.82) is 0 Å². The van der Waals surface area contributed by atoms with Crippen molar-refractivity contribution in [2.24, 2.45) is 0 Å². The first-order valence-electron chi connectivity index (χ1n) is 10.4. The summed E-state index contributed by atoms with van der Waals surface area (Å²) in [5.41, 5.74) is 15.2. The SMILES string of the molecule is COc1ccc(-c2ccc(/C=C/C(=O)OCCCC(=O)Oc3cc(N)cc(N)c3)cc2)cc1. The molecule has 7 nitrogen and oxygen atoms in total. The summed E-state index contributed by atoms with van der Waals surface area (Å²) in [6.45, 7) is 0.105. The Morgan fingerprint density at radius 2 is 1.45 bits per heavy atom. The predicted molar refractivity (Wildman–Crippen MR) is 129 cm³/mol. The van der Waals surface area contributed by atoms with E-state index in [2.05, 4.69) is 0 Å². The molecule has 0 heterocycles. The molecule has 0 fully saturated rings. The summed E-state index contributed by atoms with van der Waals surface area (Å²) in [6.07, 6.45) is 3.47. The van der Waals surface area contributed by atoms with E-state index in [0.29, 0.717) is 17.8 Å². The van der Waals surface area contributed by atoms with Crippen LogP contribution in [-0.2, 0) is 14.3 Å². The minimum absolute atomic E-state index is 0.0958. The lowest BCUT2D eigenvalue weighted by atomic mass is 10.0. The van der Waals surface area contributed by atoms with Crippen molar-refractivity contribution >= 4 is 29.4 Å². The molecule has 0 saturated heterocycles. The van der Waals surface area contributed by atoms with Crippen LogP contribution in [0.4, 0.5) is 11.4 Å². The van der Waals surface area contributed by atoms with Gasteiger partial charge in [-0.3, -0.25) is 4.79 Å². The molecule has 7 heteroatoms. The molecule has 0 aliphatic heterocycles. The quantitative estimate of drug-likeness (QED) is 0.164. The number of carbonyl (C=O) groups is 2. The molecular weight excluding hydrogens is 420 g/mol. The molecule has 0 bridgehead atoms. The molecular formula is C26H26N2O5. The van der Waals surface area contributed by atoms with E-state index in [0.717, 1.165) is 22.4 Å². The molecule has 0 aromatic heterocycles. The van der Waals surface area contributed by atoms with Crippen LogP contribution in [0.5, 0.6) is 11.5 Å². The van der Waals surface area contributed by atoms with Crippen LogP contribution in [0.1, 0.15) is 18.4 Å². The highest BCUT2D eigenvalue weighted by atomic mass is 16.5. The summed E-state index contributed by atoms with van der Waals surface area (Å²) in [4.78, 5) is 23.8. The van der Waals surface area contributed by atoms with Crippen molar-refractivity contribution in [2.75, 3.05) is 25.2 Å². The predicted octanol–water partition coefficient (Wildman–Crippen LogP) is 4.47. The van der Waals surface area contributed by atoms with Gasteiger partial charge in [0, 0.05) is 36.0 Å². The van der Waals surface area contributed by atoms with Gasteiger partial charge in [-0.2, -0.15) is 0 Å². The van der Waals surface area contributed by atoms with Gasteiger partial charge in [-0.1, -0.05) is 36.4 Å². The highest BCUT2D eigenvalue weighted by molar-refractivity contribution is 5.87. The van der Waals surface area contributed by atoms with E-state index in [1.165, 1.54) is 18.2 Å². The minimum atomic E-state index is -0.480. The number of carbonyl (C=O) groups excluding carboxylic acids is 2. The van der Waals surface area contributed by atoms with Crippen molar-refractivity contribution in [2.45, 2.75) is 12.8 Å². The molecule has 33 heavy (non-hydrogen) atoms. The summed E-state index contributed by atoms with van der Waals surface area (Å²) in [7, 11) is 1.63. The number of benzene rings is 3. The first-order valence-corrected chi connectivity index (χ1v) is 10.4. The molecule has 170 valence electrons. The van der Waals surface area contributed by atoms with E-state index in [1.54, 1.807) is 19.3 Å². The van der Waals surface area contributed by atoms with Crippen molar-refractivity contribution in [3.05, 3.63) is 78.4 Å². The second-order valence-corrected chi connectivity index (χ2v) is 7.26. The molecule has 4 N–H and O–H groups in total. The number of rotatable bonds is 9. The van der Waals surface area contributed by atoms with Gasteiger partial charge < -0.3 is 25.7 Å². The topological polar surface area (TPSA) is 114 Å². The van der Waals surface area contributed by atoms with Gasteiger partial charge in [-0.05, 0) is 47.4 Å². The molecule has 0 unspecified atom stereocenters. The number of nitrogen functional groups attached to an aromatic ring is 2. The van der Waals surface area contributed by atoms with E-state index < -0.39 is 11.9 Å². The standard InChI is InChI=1S/C26H26N2O5/c1-31-23-11-9-20(10-12-23)19-7-4-18(5-8-19)6-13-25(29)32-14-2-3-26(30)33-24-16-21(27)15-22(28)17-24/h4-13,15-17H,2-3,14,27-28H2,1H3/b13-6+. The summed E-state index contributed by atoms with van der Waals surface area (Å²) in [5, 5.41) is 0. The van der Waals surface area contributed by atoms with Crippen molar-refractivity contribution in [3.63, 3.8) is 0 Å². The Kier molecular flexibility index (Phi) is 8.07. The number of esters is 2. The fraction of sp³-hybridized carbons (Fsp3) is 0.154. The third-order valence-electron chi connectivity index (χ3n) is 4.70. The highest BCUT2D eigenvalue weighted by Crippen LogP contribution is 2.23. The zero-order chi connectivity index (χ0) is 23.6. The Morgan fingerprint density at radius 3 is 2.06 bits per heavy atom. The van der Waals surface area contributed by atoms with Crippen LogP contribution in [0.25, 0.3) is 17.2 Å². The van der Waals surface area contributed by atoms with Gasteiger partial charge in [0.15, 0.2) is 0 Å². The van der Waals surface area contributed by atoms with Gasteiger partial charge in [0.25, 0.3) is 0 Å². The van der Waals surface area contributed by atoms with Crippen molar-refractivity contribution < 1.29 is 23.8 Å². The van der Waals surface area contributed by atoms with Gasteiger partial charge in [0.05, 0.1) is 13.7 Å². The second kappa shape index (κ2) is 11.4. The molecule has 0 amide bonds. The van der Waals surface area contributed by atoms with Crippen LogP contribution in [0.3, 0.4) is 0 Å². The maximum atomic E-state index is 11.9. The Labute approximate surface area is 192 Å². The van der Waals surface area contributed by atoms with Crippen LogP contribution in [0, 0.1) is 0 Å². The first kappa shape index (κ1) is 23.4. The zero-order valence-electron chi connectivity index (χ0n) is 18.3.